The van der Waals surface area contributed by atoms with Crippen LogP contribution in [-0.2, 0) is 19.1 Å². The first kappa shape index (κ1) is 15.9. The van der Waals surface area contributed by atoms with Gasteiger partial charge in [-0.05, 0) is 30.5 Å². The highest BCUT2D eigenvalue weighted by molar-refractivity contribution is 6.06. The minimum atomic E-state index is -1.35. The molecule has 1 fully saturated rings. The molecular formula is C21H20O4. The molecule has 2 aromatic rings. The van der Waals surface area contributed by atoms with Gasteiger partial charge in [0, 0.05) is 11.8 Å². The Labute approximate surface area is 146 Å². The molecule has 4 atom stereocenters. The average molecular weight is 336 g/mol. The maximum absolute atomic E-state index is 13.1. The molecule has 2 aromatic carbocycles. The first-order chi connectivity index (χ1) is 12.1. The van der Waals surface area contributed by atoms with Crippen LogP contribution in [0, 0.1) is 5.41 Å². The van der Waals surface area contributed by atoms with Crippen LogP contribution in [-0.4, -0.2) is 24.6 Å². The van der Waals surface area contributed by atoms with Crippen LogP contribution in [0.5, 0.6) is 0 Å². The minimum Gasteiger partial charge on any atom is -0.465 e. The number of carbonyl (C=O) groups excluding carboxylic acids is 2. The number of esters is 2. The molecule has 1 heterocycles. The summed E-state index contributed by atoms with van der Waals surface area (Å²) < 4.78 is 11.0. The van der Waals surface area contributed by atoms with Crippen LogP contribution in [0.3, 0.4) is 0 Å². The predicted molar refractivity (Wildman–Crippen MR) is 92.1 cm³/mol. The quantitative estimate of drug-likeness (QED) is 0.637. The van der Waals surface area contributed by atoms with Gasteiger partial charge in [-0.15, -0.1) is 0 Å². The van der Waals surface area contributed by atoms with Crippen LogP contribution in [0.25, 0.3) is 0 Å². The first-order valence-electron chi connectivity index (χ1n) is 8.64. The normalized spacial score (nSPS) is 29.7. The second kappa shape index (κ2) is 5.73. The largest absolute Gasteiger partial charge is 0.465 e. The summed E-state index contributed by atoms with van der Waals surface area (Å²) in [6.07, 6.45) is -0.369. The third kappa shape index (κ3) is 2.00. The lowest BCUT2D eigenvalue weighted by molar-refractivity contribution is -0.165. The summed E-state index contributed by atoms with van der Waals surface area (Å²) in [4.78, 5) is 26.2. The van der Waals surface area contributed by atoms with Gasteiger partial charge in [0.2, 0.25) is 0 Å². The van der Waals surface area contributed by atoms with Crippen LogP contribution in [0.15, 0.2) is 54.6 Å². The smallest absolute Gasteiger partial charge is 0.325 e. The Morgan fingerprint density at radius 2 is 1.72 bits per heavy atom. The van der Waals surface area contributed by atoms with Crippen LogP contribution in [0.1, 0.15) is 42.4 Å². The summed E-state index contributed by atoms with van der Waals surface area (Å²) in [6, 6.07) is 17.6. The molecule has 0 saturated carbocycles. The third-order valence-electron chi connectivity index (χ3n) is 5.43. The number of benzene rings is 2. The van der Waals surface area contributed by atoms with Gasteiger partial charge in [-0.2, -0.15) is 0 Å². The molecule has 1 aliphatic carbocycles. The molecule has 0 amide bonds. The van der Waals surface area contributed by atoms with E-state index in [0.29, 0.717) is 0 Å². The summed E-state index contributed by atoms with van der Waals surface area (Å²) in [7, 11) is 0. The number of cyclic esters (lactones) is 1. The Morgan fingerprint density at radius 1 is 1.08 bits per heavy atom. The van der Waals surface area contributed by atoms with E-state index in [4.69, 9.17) is 9.47 Å². The summed E-state index contributed by atoms with van der Waals surface area (Å²) in [5.74, 6) is -1.69. The maximum atomic E-state index is 13.1. The second-order valence-corrected chi connectivity index (χ2v) is 6.65. The Kier molecular flexibility index (Phi) is 3.64. The number of hydrogen-bond acceptors (Lipinski definition) is 4. The molecule has 2 unspecified atom stereocenters. The average Bonchev–Trinajstić information content (AvgIpc) is 3.07. The molecule has 0 aromatic heterocycles. The lowest BCUT2D eigenvalue weighted by atomic mass is 9.68. The molecular weight excluding hydrogens is 316 g/mol. The standard InChI is InChI=1S/C21H20O4/c1-3-24-19(22)21-17(13(2)25-20(21)23)15-11-7-8-12-16(15)18(21)14-9-5-4-6-10-14/h4-13,17-18H,3H2,1-2H3/t13?,17-,18?,21-/m1/s1. The van der Waals surface area contributed by atoms with Crippen LogP contribution >= 0.6 is 0 Å². The van der Waals surface area contributed by atoms with Crippen molar-refractivity contribution in [1.29, 1.82) is 0 Å². The summed E-state index contributed by atoms with van der Waals surface area (Å²) in [5.41, 5.74) is 1.59. The van der Waals surface area contributed by atoms with Crippen molar-refractivity contribution in [3.8, 4) is 0 Å². The van der Waals surface area contributed by atoms with Crippen molar-refractivity contribution in [2.45, 2.75) is 31.8 Å². The van der Waals surface area contributed by atoms with E-state index >= 15 is 0 Å². The molecule has 1 saturated heterocycles. The van der Waals surface area contributed by atoms with Gasteiger partial charge in [0.05, 0.1) is 6.61 Å². The van der Waals surface area contributed by atoms with Gasteiger partial charge in [0.1, 0.15) is 6.10 Å². The van der Waals surface area contributed by atoms with E-state index < -0.39 is 23.3 Å². The molecule has 4 heteroatoms. The van der Waals surface area contributed by atoms with Crippen molar-refractivity contribution < 1.29 is 19.1 Å². The molecule has 4 rings (SSSR count). The number of hydrogen-bond donors (Lipinski definition) is 0. The van der Waals surface area contributed by atoms with E-state index in [2.05, 4.69) is 0 Å². The topological polar surface area (TPSA) is 52.6 Å². The molecule has 128 valence electrons. The fourth-order valence-corrected chi connectivity index (χ4v) is 4.60. The highest BCUT2D eigenvalue weighted by Crippen LogP contribution is 2.63. The fourth-order valence-electron chi connectivity index (χ4n) is 4.60. The molecule has 0 N–H and O–H groups in total. The van der Waals surface area contributed by atoms with Crippen molar-refractivity contribution in [2.75, 3.05) is 6.61 Å². The zero-order valence-electron chi connectivity index (χ0n) is 14.3. The Morgan fingerprint density at radius 3 is 2.40 bits per heavy atom. The predicted octanol–water partition coefficient (Wildman–Crippen LogP) is 3.41. The maximum Gasteiger partial charge on any atom is 0.325 e. The zero-order chi connectivity index (χ0) is 17.6. The van der Waals surface area contributed by atoms with E-state index in [-0.39, 0.29) is 18.6 Å². The summed E-state index contributed by atoms with van der Waals surface area (Å²) >= 11 is 0. The van der Waals surface area contributed by atoms with E-state index in [0.717, 1.165) is 16.7 Å². The van der Waals surface area contributed by atoms with Crippen molar-refractivity contribution in [1.82, 2.24) is 0 Å². The number of ether oxygens (including phenoxy) is 2. The minimum absolute atomic E-state index is 0.229. The molecule has 0 radical (unpaired) electrons. The van der Waals surface area contributed by atoms with Gasteiger partial charge in [0.15, 0.2) is 5.41 Å². The highest BCUT2D eigenvalue weighted by Gasteiger charge is 2.71. The Hall–Kier alpha value is -2.62. The van der Waals surface area contributed by atoms with Gasteiger partial charge in [-0.1, -0.05) is 54.6 Å². The van der Waals surface area contributed by atoms with Crippen LogP contribution in [0.4, 0.5) is 0 Å². The Balaban J connectivity index is 2.01. The number of rotatable bonds is 3. The molecule has 2 aliphatic rings. The van der Waals surface area contributed by atoms with E-state index in [1.165, 1.54) is 0 Å². The van der Waals surface area contributed by atoms with E-state index in [9.17, 15) is 9.59 Å². The SMILES string of the molecule is CCOC(=O)[C@@]12C(=O)OC(C)[C@@H]1c1ccccc1C2c1ccccc1. The third-order valence-corrected chi connectivity index (χ3v) is 5.43. The monoisotopic (exact) mass is 336 g/mol. The van der Waals surface area contributed by atoms with Gasteiger partial charge < -0.3 is 9.47 Å². The highest BCUT2D eigenvalue weighted by atomic mass is 16.6. The van der Waals surface area contributed by atoms with Crippen LogP contribution < -0.4 is 0 Å². The van der Waals surface area contributed by atoms with Crippen molar-refractivity contribution >= 4 is 11.9 Å². The molecule has 25 heavy (non-hydrogen) atoms. The summed E-state index contributed by atoms with van der Waals surface area (Å²) in [5, 5.41) is 0. The molecule has 0 spiro atoms. The number of fused-ring (bicyclic) bond motifs is 3. The lowest BCUT2D eigenvalue weighted by Gasteiger charge is -2.30. The number of carbonyl (C=O) groups is 2. The van der Waals surface area contributed by atoms with Gasteiger partial charge >= 0.3 is 11.9 Å². The van der Waals surface area contributed by atoms with Gasteiger partial charge in [0.25, 0.3) is 0 Å². The second-order valence-electron chi connectivity index (χ2n) is 6.65. The Bertz CT molecular complexity index is 829. The summed E-state index contributed by atoms with van der Waals surface area (Å²) in [6.45, 7) is 3.84. The molecule has 4 nitrogen and oxygen atoms in total. The van der Waals surface area contributed by atoms with Crippen molar-refractivity contribution in [3.05, 3.63) is 71.3 Å². The molecule has 0 bridgehead atoms. The van der Waals surface area contributed by atoms with Crippen molar-refractivity contribution in [2.24, 2.45) is 5.41 Å². The van der Waals surface area contributed by atoms with Crippen molar-refractivity contribution in [3.63, 3.8) is 0 Å². The first-order valence-corrected chi connectivity index (χ1v) is 8.64. The van der Waals surface area contributed by atoms with E-state index in [1.807, 2.05) is 61.5 Å². The molecule has 1 aliphatic heterocycles. The lowest BCUT2D eigenvalue weighted by Crippen LogP contribution is -2.44. The van der Waals surface area contributed by atoms with Gasteiger partial charge in [-0.25, -0.2) is 0 Å². The van der Waals surface area contributed by atoms with E-state index in [1.54, 1.807) is 6.92 Å². The zero-order valence-corrected chi connectivity index (χ0v) is 14.3. The van der Waals surface area contributed by atoms with Gasteiger partial charge in [-0.3, -0.25) is 9.59 Å². The fraction of sp³-hybridized carbons (Fsp3) is 0.333. The van der Waals surface area contributed by atoms with Crippen LogP contribution in [0.2, 0.25) is 0 Å².